The van der Waals surface area contributed by atoms with Crippen molar-refractivity contribution in [2.45, 2.75) is 13.8 Å². The fourth-order valence-corrected chi connectivity index (χ4v) is 2.27. The van der Waals surface area contributed by atoms with Crippen LogP contribution in [0, 0.1) is 5.92 Å². The predicted molar refractivity (Wildman–Crippen MR) is 35.0 cm³/mol. The van der Waals surface area contributed by atoms with E-state index in [2.05, 4.69) is 28.7 Å². The third-order valence-corrected chi connectivity index (χ3v) is 2.53. The van der Waals surface area contributed by atoms with Gasteiger partial charge in [0.25, 0.3) is 0 Å². The minimum absolute atomic E-state index is 0. The average molecular weight is 646 g/mol. The van der Waals surface area contributed by atoms with Crippen LogP contribution in [0.15, 0.2) is 11.6 Å². The molecule has 0 aromatic heterocycles. The molecule has 3 heteroatoms. The predicted octanol–water partition coefficient (Wildman–Crippen LogP) is 1.26. The van der Waals surface area contributed by atoms with E-state index in [0.29, 0.717) is 5.92 Å². The maximum absolute atomic E-state index is 2.25. The fraction of sp³-hybridized carbons (Fsp3) is 0.429. The molecule has 0 aromatic rings. The molecule has 0 radical (unpaired) electrons. The van der Waals surface area contributed by atoms with Crippen LogP contribution in [0.3, 0.4) is 0 Å². The van der Waals surface area contributed by atoms with Crippen molar-refractivity contribution in [3.05, 3.63) is 11.6 Å². The summed E-state index contributed by atoms with van der Waals surface area (Å²) in [5, 5.41) is 0. The summed E-state index contributed by atoms with van der Waals surface area (Å²) in [5.74, 6) is 0.693. The molecule has 56 valence electrons. The van der Waals surface area contributed by atoms with Crippen molar-refractivity contribution >= 4 is 8.80 Å². The summed E-state index contributed by atoms with van der Waals surface area (Å²) in [5.41, 5.74) is 1.47. The van der Waals surface area contributed by atoms with Crippen LogP contribution in [-0.4, -0.2) is 8.80 Å². The van der Waals surface area contributed by atoms with E-state index < -0.39 is 0 Å². The van der Waals surface area contributed by atoms with Crippen molar-refractivity contribution < 1.29 is 59.8 Å². The molecule has 0 unspecified atom stereocenters. The van der Waals surface area contributed by atoms with Gasteiger partial charge in [-0.05, 0) is 0 Å². The Labute approximate surface area is 98.9 Å². The van der Waals surface area contributed by atoms with Crippen LogP contribution in [0.1, 0.15) is 13.8 Å². The quantitative estimate of drug-likeness (QED) is 0.434. The van der Waals surface area contributed by atoms with Gasteiger partial charge in [0, 0.05) is 21.1 Å². The Morgan fingerprint density at radius 2 is 1.80 bits per heavy atom. The zero-order valence-electron chi connectivity index (χ0n) is 6.03. The van der Waals surface area contributed by atoms with E-state index in [1.165, 1.54) is 24.9 Å². The van der Waals surface area contributed by atoms with Gasteiger partial charge in [-0.1, -0.05) is 0 Å². The first kappa shape index (κ1) is 14.1. The molecule has 0 aromatic carbocycles. The third kappa shape index (κ3) is 6.27. The topological polar surface area (TPSA) is 0 Å². The Balaban J connectivity index is 0. The summed E-state index contributed by atoms with van der Waals surface area (Å²) in [6.07, 6.45) is 2.22. The molecule has 0 atom stereocenters. The average Bonchev–Trinajstić information content (AvgIpc) is 1.82. The summed E-state index contributed by atoms with van der Waals surface area (Å²) < 4.78 is 4.43. The normalized spacial score (nSPS) is 10.5. The molecule has 0 aliphatic carbocycles. The van der Waals surface area contributed by atoms with Crippen LogP contribution >= 0.6 is 0 Å². The Kier molecular flexibility index (Phi) is 12.2. The van der Waals surface area contributed by atoms with E-state index in [1.54, 1.807) is 19.4 Å². The van der Waals surface area contributed by atoms with Gasteiger partial charge in [0.2, 0.25) is 0 Å². The standard InChI is InChI=1S/C7H10.3W/c1-5-7(4)6(2)3;;;/h1,4-6H,2-3H3;;;/b7-5+;;;. The van der Waals surface area contributed by atoms with E-state index in [0.717, 1.165) is 0 Å². The summed E-state index contributed by atoms with van der Waals surface area (Å²) >= 11 is 3.07. The zero-order valence-corrected chi connectivity index (χ0v) is 14.8. The van der Waals surface area contributed by atoms with E-state index in [4.69, 9.17) is 0 Å². The van der Waals surface area contributed by atoms with Crippen molar-refractivity contribution in [2.24, 2.45) is 5.92 Å². The molecule has 0 nitrogen and oxygen atoms in total. The van der Waals surface area contributed by atoms with Gasteiger partial charge in [-0.25, -0.2) is 0 Å². The number of hydrogen-bond donors (Lipinski definition) is 0. The summed E-state index contributed by atoms with van der Waals surface area (Å²) in [6.45, 7) is 4.45. The van der Waals surface area contributed by atoms with E-state index in [-0.39, 0.29) is 21.1 Å². The van der Waals surface area contributed by atoms with Gasteiger partial charge in [-0.15, -0.1) is 0 Å². The van der Waals surface area contributed by atoms with E-state index >= 15 is 0 Å². The maximum Gasteiger partial charge on any atom is 0 e. The minimum atomic E-state index is 0. The SMILES string of the molecule is CC(C)/C([CH]=[W])=C/[CH]=[W].[W]. The van der Waals surface area contributed by atoms with Crippen LogP contribution in [0.25, 0.3) is 0 Å². The largest absolute Gasteiger partial charge is 0 e. The van der Waals surface area contributed by atoms with Gasteiger partial charge in [0.1, 0.15) is 0 Å². The molecular formula is C7H10W3. The number of allylic oxidation sites excluding steroid dienone is 2. The molecule has 0 saturated heterocycles. The van der Waals surface area contributed by atoms with Gasteiger partial charge >= 0.3 is 78.9 Å². The van der Waals surface area contributed by atoms with E-state index in [1.807, 2.05) is 0 Å². The molecule has 10 heavy (non-hydrogen) atoms. The Morgan fingerprint density at radius 3 is 1.90 bits per heavy atom. The fourth-order valence-electron chi connectivity index (χ4n) is 0.446. The van der Waals surface area contributed by atoms with Crippen molar-refractivity contribution in [2.75, 3.05) is 0 Å². The second-order valence-electron chi connectivity index (χ2n) is 2.08. The first-order valence-electron chi connectivity index (χ1n) is 2.83. The van der Waals surface area contributed by atoms with Crippen LogP contribution in [0.2, 0.25) is 0 Å². The monoisotopic (exact) mass is 646 g/mol. The van der Waals surface area contributed by atoms with Gasteiger partial charge in [0.05, 0.1) is 0 Å². The molecule has 0 rings (SSSR count). The maximum atomic E-state index is 2.25. The van der Waals surface area contributed by atoms with E-state index in [9.17, 15) is 0 Å². The molecule has 0 heterocycles. The van der Waals surface area contributed by atoms with Crippen LogP contribution in [0.4, 0.5) is 0 Å². The summed E-state index contributed by atoms with van der Waals surface area (Å²) in [7, 11) is 0. The second-order valence-corrected chi connectivity index (χ2v) is 3.90. The zero-order chi connectivity index (χ0) is 7.28. The first-order chi connectivity index (χ1) is 4.22. The van der Waals surface area contributed by atoms with Crippen LogP contribution < -0.4 is 0 Å². The van der Waals surface area contributed by atoms with Crippen LogP contribution in [0.5, 0.6) is 0 Å². The van der Waals surface area contributed by atoms with Crippen LogP contribution in [-0.2, 0) is 59.8 Å². The Hall–Kier alpha value is 1.54. The summed E-state index contributed by atoms with van der Waals surface area (Å²) in [6, 6.07) is 0. The van der Waals surface area contributed by atoms with Gasteiger partial charge in [-0.2, -0.15) is 0 Å². The van der Waals surface area contributed by atoms with Crippen molar-refractivity contribution in [3.8, 4) is 0 Å². The molecule has 0 saturated carbocycles. The molecule has 0 aliphatic rings. The first-order valence-corrected chi connectivity index (χ1v) is 6.21. The van der Waals surface area contributed by atoms with Crippen molar-refractivity contribution in [1.82, 2.24) is 0 Å². The number of rotatable bonds is 3. The van der Waals surface area contributed by atoms with Gasteiger partial charge in [-0.3, -0.25) is 0 Å². The Bertz CT molecular complexity index is 136. The minimum Gasteiger partial charge on any atom is 0 e. The van der Waals surface area contributed by atoms with Crippen molar-refractivity contribution in [3.63, 3.8) is 0 Å². The molecule has 0 spiro atoms. The molecule has 0 fully saturated rings. The third-order valence-electron chi connectivity index (χ3n) is 1.06. The van der Waals surface area contributed by atoms with Gasteiger partial charge in [0.15, 0.2) is 0 Å². The molecule has 0 bridgehead atoms. The molecule has 0 aliphatic heterocycles. The van der Waals surface area contributed by atoms with Crippen molar-refractivity contribution in [1.29, 1.82) is 0 Å². The number of hydrogen-bond acceptors (Lipinski definition) is 0. The van der Waals surface area contributed by atoms with Gasteiger partial charge < -0.3 is 0 Å². The smallest absolute Gasteiger partial charge is 0 e. The molecular weight excluding hydrogens is 636 g/mol. The Morgan fingerprint density at radius 1 is 1.30 bits per heavy atom. The molecule has 0 N–H and O–H groups in total. The molecule has 0 amide bonds. The second kappa shape index (κ2) is 8.64. The summed E-state index contributed by atoms with van der Waals surface area (Å²) in [4.78, 5) is 0.